The maximum atomic E-state index is 12.1. The molecule has 0 aliphatic heterocycles. The molecule has 0 aliphatic rings. The minimum Gasteiger partial charge on any atom is -0.398 e. The van der Waals surface area contributed by atoms with Crippen molar-refractivity contribution in [2.24, 2.45) is 5.14 Å². The number of anilines is 1. The normalized spacial score (nSPS) is 11.5. The molecule has 0 fully saturated rings. The second-order valence-corrected chi connectivity index (χ2v) is 8.40. The van der Waals surface area contributed by atoms with E-state index in [2.05, 4.69) is 5.10 Å². The summed E-state index contributed by atoms with van der Waals surface area (Å²) >= 11 is 6.03. The second-order valence-electron chi connectivity index (χ2n) is 6.43. The molecule has 0 unspecified atom stereocenters. The maximum Gasteiger partial charge on any atom is 0.240 e. The van der Waals surface area contributed by atoms with E-state index >= 15 is 0 Å². The van der Waals surface area contributed by atoms with Crippen LogP contribution in [0.15, 0.2) is 83.8 Å². The first kappa shape index (κ1) is 19.2. The van der Waals surface area contributed by atoms with Crippen molar-refractivity contribution in [1.29, 1.82) is 0 Å². The number of sulfonamides is 1. The van der Waals surface area contributed by atoms with Gasteiger partial charge in [-0.25, -0.2) is 18.2 Å². The van der Waals surface area contributed by atoms with Gasteiger partial charge in [0.25, 0.3) is 0 Å². The zero-order valence-electron chi connectivity index (χ0n) is 15.2. The summed E-state index contributed by atoms with van der Waals surface area (Å²) < 4.78 is 25.9. The average Bonchev–Trinajstić information content (AvgIpc) is 3.13. The fourth-order valence-electron chi connectivity index (χ4n) is 3.13. The Hall–Kier alpha value is -3.13. The zero-order chi connectivity index (χ0) is 20.6. The second kappa shape index (κ2) is 7.36. The molecule has 146 valence electrons. The molecule has 8 heteroatoms. The number of rotatable bonds is 4. The van der Waals surface area contributed by atoms with Crippen LogP contribution in [0.25, 0.3) is 28.2 Å². The van der Waals surface area contributed by atoms with Gasteiger partial charge in [-0.2, -0.15) is 5.10 Å². The van der Waals surface area contributed by atoms with Gasteiger partial charge in [0, 0.05) is 21.8 Å². The number of aromatic nitrogens is 2. The molecule has 4 N–H and O–H groups in total. The van der Waals surface area contributed by atoms with Gasteiger partial charge in [-0.1, -0.05) is 54.1 Å². The quantitative estimate of drug-likeness (QED) is 0.481. The Morgan fingerprint density at radius 2 is 1.55 bits per heavy atom. The molecule has 1 heterocycles. The fraction of sp³-hybridized carbons (Fsp3) is 0. The van der Waals surface area contributed by atoms with Gasteiger partial charge in [0.1, 0.15) is 4.90 Å². The summed E-state index contributed by atoms with van der Waals surface area (Å²) in [5.41, 5.74) is 9.88. The van der Waals surface area contributed by atoms with E-state index < -0.39 is 10.0 Å². The highest BCUT2D eigenvalue weighted by Gasteiger charge is 2.20. The maximum absolute atomic E-state index is 12.1. The molecule has 0 atom stereocenters. The Balaban J connectivity index is 2.01. The van der Waals surface area contributed by atoms with Crippen molar-refractivity contribution in [3.05, 3.63) is 83.9 Å². The summed E-state index contributed by atoms with van der Waals surface area (Å²) in [4.78, 5) is -0.0223. The third-order valence-corrected chi connectivity index (χ3v) is 5.70. The lowest BCUT2D eigenvalue weighted by molar-refractivity contribution is 0.596. The standard InChI is InChI=1S/C21H17ClN4O2S/c22-15-11-9-14(10-12-15)20-13-18(16-5-1-2-6-17(16)23)25-26(20)19-7-3-4-8-21(19)29(24,27)28/h1-13H,23H2,(H2,24,27,28). The molecular weight excluding hydrogens is 408 g/mol. The number of halogens is 1. The molecule has 4 rings (SSSR count). The largest absolute Gasteiger partial charge is 0.398 e. The number of hydrogen-bond acceptors (Lipinski definition) is 4. The van der Waals surface area contributed by atoms with Crippen molar-refractivity contribution < 1.29 is 8.42 Å². The van der Waals surface area contributed by atoms with Crippen LogP contribution in [0.2, 0.25) is 5.02 Å². The molecule has 0 bridgehead atoms. The summed E-state index contributed by atoms with van der Waals surface area (Å²) in [5.74, 6) is 0. The minimum atomic E-state index is -3.96. The molecule has 0 amide bonds. The van der Waals surface area contributed by atoms with Crippen molar-refractivity contribution >= 4 is 27.3 Å². The van der Waals surface area contributed by atoms with E-state index in [4.69, 9.17) is 22.5 Å². The van der Waals surface area contributed by atoms with E-state index in [1.54, 1.807) is 41.1 Å². The lowest BCUT2D eigenvalue weighted by Crippen LogP contribution is -2.16. The number of para-hydroxylation sites is 2. The number of nitrogen functional groups attached to an aromatic ring is 1. The zero-order valence-corrected chi connectivity index (χ0v) is 16.7. The van der Waals surface area contributed by atoms with Crippen LogP contribution in [0.3, 0.4) is 0 Å². The summed E-state index contributed by atoms with van der Waals surface area (Å²) in [6.45, 7) is 0. The van der Waals surface area contributed by atoms with Crippen LogP contribution in [-0.2, 0) is 10.0 Å². The fourth-order valence-corrected chi connectivity index (χ4v) is 3.97. The van der Waals surface area contributed by atoms with E-state index in [1.165, 1.54) is 6.07 Å². The summed E-state index contributed by atoms with van der Waals surface area (Å²) in [5, 5.41) is 10.7. The molecule has 0 saturated carbocycles. The van der Waals surface area contributed by atoms with Crippen LogP contribution in [0.4, 0.5) is 5.69 Å². The van der Waals surface area contributed by atoms with Crippen LogP contribution >= 0.6 is 11.6 Å². The predicted molar refractivity (Wildman–Crippen MR) is 115 cm³/mol. The van der Waals surface area contributed by atoms with E-state index in [-0.39, 0.29) is 4.90 Å². The molecule has 0 saturated heterocycles. The van der Waals surface area contributed by atoms with Crippen molar-refractivity contribution in [3.8, 4) is 28.2 Å². The summed E-state index contributed by atoms with van der Waals surface area (Å²) in [6.07, 6.45) is 0. The molecule has 0 spiro atoms. The highest BCUT2D eigenvalue weighted by atomic mass is 35.5. The van der Waals surface area contributed by atoms with E-state index in [9.17, 15) is 8.42 Å². The Morgan fingerprint density at radius 1 is 0.897 bits per heavy atom. The highest BCUT2D eigenvalue weighted by molar-refractivity contribution is 7.89. The van der Waals surface area contributed by atoms with Crippen LogP contribution in [0.5, 0.6) is 0 Å². The van der Waals surface area contributed by atoms with Gasteiger partial charge in [-0.05, 0) is 36.4 Å². The SMILES string of the molecule is Nc1ccccc1-c1cc(-c2ccc(Cl)cc2)n(-c2ccccc2S(N)(=O)=O)n1. The topological polar surface area (TPSA) is 104 Å². The van der Waals surface area contributed by atoms with Gasteiger partial charge in [0.15, 0.2) is 0 Å². The third kappa shape index (κ3) is 3.75. The summed E-state index contributed by atoms with van der Waals surface area (Å²) in [6, 6.07) is 22.9. The molecule has 4 aromatic rings. The van der Waals surface area contributed by atoms with Crippen LogP contribution in [0.1, 0.15) is 0 Å². The third-order valence-electron chi connectivity index (χ3n) is 4.49. The minimum absolute atomic E-state index is 0.0223. The van der Waals surface area contributed by atoms with Gasteiger partial charge in [0.05, 0.1) is 17.1 Å². The average molecular weight is 425 g/mol. The summed E-state index contributed by atoms with van der Waals surface area (Å²) in [7, 11) is -3.96. The van der Waals surface area contributed by atoms with E-state index in [0.29, 0.717) is 27.8 Å². The Kier molecular flexibility index (Phi) is 4.87. The number of hydrogen-bond donors (Lipinski definition) is 2. The number of benzene rings is 3. The first-order chi connectivity index (χ1) is 13.8. The lowest BCUT2D eigenvalue weighted by Gasteiger charge is -2.11. The Morgan fingerprint density at radius 3 is 2.24 bits per heavy atom. The van der Waals surface area contributed by atoms with Crippen molar-refractivity contribution in [1.82, 2.24) is 9.78 Å². The van der Waals surface area contributed by atoms with Gasteiger partial charge < -0.3 is 5.73 Å². The molecular formula is C21H17ClN4O2S. The van der Waals surface area contributed by atoms with Crippen molar-refractivity contribution in [2.45, 2.75) is 4.90 Å². The highest BCUT2D eigenvalue weighted by Crippen LogP contribution is 2.33. The molecule has 3 aromatic carbocycles. The van der Waals surface area contributed by atoms with E-state index in [1.807, 2.05) is 36.4 Å². The van der Waals surface area contributed by atoms with Gasteiger partial charge in [-0.3, -0.25) is 0 Å². The number of nitrogens with zero attached hydrogens (tertiary/aromatic N) is 2. The first-order valence-electron chi connectivity index (χ1n) is 8.68. The molecule has 6 nitrogen and oxygen atoms in total. The van der Waals surface area contributed by atoms with Crippen LogP contribution in [-0.4, -0.2) is 18.2 Å². The predicted octanol–water partition coefficient (Wildman–Crippen LogP) is 4.09. The first-order valence-corrected chi connectivity index (χ1v) is 10.6. The Bertz CT molecular complexity index is 1300. The van der Waals surface area contributed by atoms with E-state index in [0.717, 1.165) is 11.1 Å². The molecule has 1 aromatic heterocycles. The molecule has 0 aliphatic carbocycles. The monoisotopic (exact) mass is 424 g/mol. The van der Waals surface area contributed by atoms with Crippen molar-refractivity contribution in [2.75, 3.05) is 5.73 Å². The number of nitrogens with two attached hydrogens (primary N) is 2. The Labute approximate surface area is 173 Å². The molecule has 0 radical (unpaired) electrons. The smallest absolute Gasteiger partial charge is 0.240 e. The van der Waals surface area contributed by atoms with Crippen molar-refractivity contribution in [3.63, 3.8) is 0 Å². The van der Waals surface area contributed by atoms with Gasteiger partial charge in [0.2, 0.25) is 10.0 Å². The van der Waals surface area contributed by atoms with Crippen LogP contribution < -0.4 is 10.9 Å². The van der Waals surface area contributed by atoms with Gasteiger partial charge in [-0.15, -0.1) is 0 Å². The van der Waals surface area contributed by atoms with Gasteiger partial charge >= 0.3 is 0 Å². The number of primary sulfonamides is 1. The van der Waals surface area contributed by atoms with Crippen LogP contribution in [0, 0.1) is 0 Å². The molecule has 29 heavy (non-hydrogen) atoms. The lowest BCUT2D eigenvalue weighted by atomic mass is 10.1.